The molecular weight excluding hydrogens is 248 g/mol. The van der Waals surface area contributed by atoms with E-state index < -0.39 is 10.1 Å². The number of aryl methyl sites for hydroxylation is 2. The first-order valence-electron chi connectivity index (χ1n) is 5.63. The van der Waals surface area contributed by atoms with E-state index >= 15 is 0 Å². The van der Waals surface area contributed by atoms with Crippen LogP contribution in [0.3, 0.4) is 0 Å². The maximum Gasteiger partial charge on any atom is 0.339 e. The quantitative estimate of drug-likeness (QED) is 0.684. The molecule has 0 fully saturated rings. The molecule has 3 nitrogen and oxygen atoms in total. The summed E-state index contributed by atoms with van der Waals surface area (Å²) in [6.45, 7) is 3.77. The van der Waals surface area contributed by atoms with Crippen molar-refractivity contribution in [3.8, 4) is 16.9 Å². The van der Waals surface area contributed by atoms with E-state index in [0.717, 1.165) is 16.7 Å². The van der Waals surface area contributed by atoms with Crippen molar-refractivity contribution in [3.05, 3.63) is 47.5 Å². The second kappa shape index (κ2) is 3.59. The Morgan fingerprint density at radius 1 is 0.889 bits per heavy atom. The fraction of sp³-hybridized carbons (Fsp3) is 0.143. The van der Waals surface area contributed by atoms with Gasteiger partial charge in [0.05, 0.1) is 0 Å². The van der Waals surface area contributed by atoms with Gasteiger partial charge in [0.2, 0.25) is 0 Å². The Morgan fingerprint density at radius 2 is 1.50 bits per heavy atom. The first-order chi connectivity index (χ1) is 8.47. The third kappa shape index (κ3) is 1.61. The summed E-state index contributed by atoms with van der Waals surface area (Å²) in [5.74, 6) is 0.409. The average Bonchev–Trinajstić information content (AvgIpc) is 2.28. The Balaban J connectivity index is 2.39. The monoisotopic (exact) mass is 260 g/mol. The highest BCUT2D eigenvalue weighted by molar-refractivity contribution is 7.87. The van der Waals surface area contributed by atoms with Crippen LogP contribution < -0.4 is 4.18 Å². The molecule has 0 atom stereocenters. The van der Waals surface area contributed by atoms with Gasteiger partial charge in [-0.25, -0.2) is 0 Å². The minimum atomic E-state index is -3.69. The minimum absolute atomic E-state index is 0.249. The van der Waals surface area contributed by atoms with Crippen LogP contribution in [0.1, 0.15) is 11.1 Å². The smallest absolute Gasteiger partial charge is 0.339 e. The minimum Gasteiger partial charge on any atom is -0.378 e. The van der Waals surface area contributed by atoms with Gasteiger partial charge in [0.1, 0.15) is 4.90 Å². The van der Waals surface area contributed by atoms with Gasteiger partial charge in [-0.15, -0.1) is 0 Å². The molecule has 92 valence electrons. The average molecular weight is 260 g/mol. The van der Waals surface area contributed by atoms with Gasteiger partial charge in [-0.1, -0.05) is 24.3 Å². The Kier molecular flexibility index (Phi) is 2.25. The summed E-state index contributed by atoms with van der Waals surface area (Å²) in [4.78, 5) is 0.249. The fourth-order valence-electron chi connectivity index (χ4n) is 2.14. The highest BCUT2D eigenvalue weighted by Crippen LogP contribution is 2.41. The molecule has 0 bridgehead atoms. The molecule has 18 heavy (non-hydrogen) atoms. The number of benzene rings is 2. The second-order valence-electron chi connectivity index (χ2n) is 4.54. The number of hydrogen-bond acceptors (Lipinski definition) is 3. The molecule has 0 spiro atoms. The van der Waals surface area contributed by atoms with E-state index in [2.05, 4.69) is 0 Å². The summed E-state index contributed by atoms with van der Waals surface area (Å²) in [5, 5.41) is 0. The number of rotatable bonds is 0. The largest absolute Gasteiger partial charge is 0.378 e. The molecule has 0 aliphatic carbocycles. The Morgan fingerprint density at radius 3 is 2.22 bits per heavy atom. The van der Waals surface area contributed by atoms with Gasteiger partial charge in [0.15, 0.2) is 5.75 Å². The summed E-state index contributed by atoms with van der Waals surface area (Å²) in [6.07, 6.45) is 0. The van der Waals surface area contributed by atoms with Crippen LogP contribution in [-0.2, 0) is 10.1 Å². The van der Waals surface area contributed by atoms with Gasteiger partial charge in [0, 0.05) is 11.1 Å². The van der Waals surface area contributed by atoms with Crippen molar-refractivity contribution in [1.82, 2.24) is 0 Å². The molecule has 0 radical (unpaired) electrons. The second-order valence-corrected chi connectivity index (χ2v) is 6.05. The van der Waals surface area contributed by atoms with Crippen molar-refractivity contribution in [2.45, 2.75) is 18.7 Å². The van der Waals surface area contributed by atoms with Crippen molar-refractivity contribution < 1.29 is 12.6 Å². The maximum atomic E-state index is 12.1. The predicted octanol–water partition coefficient (Wildman–Crippen LogP) is 3.05. The molecule has 0 saturated heterocycles. The van der Waals surface area contributed by atoms with Crippen LogP contribution in [0.2, 0.25) is 0 Å². The summed E-state index contributed by atoms with van der Waals surface area (Å²) in [7, 11) is -3.69. The van der Waals surface area contributed by atoms with Gasteiger partial charge in [0.25, 0.3) is 0 Å². The number of hydrogen-bond donors (Lipinski definition) is 0. The van der Waals surface area contributed by atoms with Gasteiger partial charge in [-0.2, -0.15) is 8.42 Å². The Labute approximate surface area is 106 Å². The zero-order valence-corrected chi connectivity index (χ0v) is 10.9. The summed E-state index contributed by atoms with van der Waals surface area (Å²) in [5.41, 5.74) is 3.41. The van der Waals surface area contributed by atoms with Crippen LogP contribution in [0.15, 0.2) is 41.3 Å². The van der Waals surface area contributed by atoms with Crippen LogP contribution in [0.4, 0.5) is 0 Å². The van der Waals surface area contributed by atoms with E-state index in [1.54, 1.807) is 12.1 Å². The van der Waals surface area contributed by atoms with Gasteiger partial charge in [-0.05, 0) is 37.1 Å². The Hall–Kier alpha value is -1.81. The first-order valence-corrected chi connectivity index (χ1v) is 7.04. The standard InChI is InChI=1S/C14H12O3S/c1-9-3-5-11-12-6-4-10(2)8-14(12)18(15,16)17-13(11)7-9/h3-8H,1-2H3. The van der Waals surface area contributed by atoms with Crippen LogP contribution in [0, 0.1) is 13.8 Å². The summed E-state index contributed by atoms with van der Waals surface area (Å²) < 4.78 is 29.3. The van der Waals surface area contributed by atoms with E-state index in [0.29, 0.717) is 11.3 Å². The van der Waals surface area contributed by atoms with Gasteiger partial charge in [-0.3, -0.25) is 0 Å². The molecule has 0 saturated carbocycles. The molecule has 0 N–H and O–H groups in total. The van der Waals surface area contributed by atoms with E-state index in [1.807, 2.05) is 38.1 Å². The molecule has 1 aliphatic heterocycles. The lowest BCUT2D eigenvalue weighted by Crippen LogP contribution is -2.16. The molecule has 4 heteroatoms. The number of fused-ring (bicyclic) bond motifs is 3. The van der Waals surface area contributed by atoms with E-state index in [-0.39, 0.29) is 4.90 Å². The van der Waals surface area contributed by atoms with E-state index in [9.17, 15) is 8.42 Å². The zero-order chi connectivity index (χ0) is 12.9. The molecule has 2 aromatic rings. The van der Waals surface area contributed by atoms with Crippen LogP contribution in [0.5, 0.6) is 5.75 Å². The SMILES string of the molecule is Cc1ccc2c(c1)OS(=O)(=O)c1cc(C)ccc1-2. The molecule has 0 aromatic heterocycles. The third-order valence-electron chi connectivity index (χ3n) is 3.03. The van der Waals surface area contributed by atoms with Crippen molar-refractivity contribution in [2.75, 3.05) is 0 Å². The lowest BCUT2D eigenvalue weighted by Gasteiger charge is -2.20. The molecule has 1 heterocycles. The fourth-order valence-corrected chi connectivity index (χ4v) is 3.38. The zero-order valence-electron chi connectivity index (χ0n) is 10.1. The third-order valence-corrected chi connectivity index (χ3v) is 4.31. The Bertz CT molecular complexity index is 746. The van der Waals surface area contributed by atoms with Gasteiger partial charge >= 0.3 is 10.1 Å². The highest BCUT2D eigenvalue weighted by Gasteiger charge is 2.29. The summed E-state index contributed by atoms with van der Waals surface area (Å²) in [6, 6.07) is 11.0. The van der Waals surface area contributed by atoms with Crippen LogP contribution in [0.25, 0.3) is 11.1 Å². The maximum absolute atomic E-state index is 12.1. The molecule has 0 unspecified atom stereocenters. The lowest BCUT2D eigenvalue weighted by molar-refractivity contribution is 0.483. The molecule has 2 aromatic carbocycles. The van der Waals surface area contributed by atoms with Crippen molar-refractivity contribution in [2.24, 2.45) is 0 Å². The van der Waals surface area contributed by atoms with Gasteiger partial charge < -0.3 is 4.18 Å². The topological polar surface area (TPSA) is 43.4 Å². The van der Waals surface area contributed by atoms with E-state index in [4.69, 9.17) is 4.18 Å². The van der Waals surface area contributed by atoms with Crippen LogP contribution >= 0.6 is 0 Å². The predicted molar refractivity (Wildman–Crippen MR) is 69.2 cm³/mol. The normalized spacial score (nSPS) is 15.4. The highest BCUT2D eigenvalue weighted by atomic mass is 32.2. The van der Waals surface area contributed by atoms with Crippen molar-refractivity contribution in [1.29, 1.82) is 0 Å². The molecule has 0 amide bonds. The molecular formula is C14H12O3S. The van der Waals surface area contributed by atoms with Crippen molar-refractivity contribution >= 4 is 10.1 Å². The lowest BCUT2D eigenvalue weighted by atomic mass is 10.0. The molecule has 3 rings (SSSR count). The molecule has 1 aliphatic rings. The van der Waals surface area contributed by atoms with Crippen LogP contribution in [-0.4, -0.2) is 8.42 Å². The van der Waals surface area contributed by atoms with Crippen molar-refractivity contribution in [3.63, 3.8) is 0 Å². The first kappa shape index (κ1) is 11.3. The van der Waals surface area contributed by atoms with E-state index in [1.165, 1.54) is 0 Å². The summed E-state index contributed by atoms with van der Waals surface area (Å²) >= 11 is 0.